The molecular formula is C4H5ClN2O2S2. The van der Waals surface area contributed by atoms with E-state index in [2.05, 4.69) is 10.2 Å². The van der Waals surface area contributed by atoms with Crippen LogP contribution in [-0.4, -0.2) is 24.9 Å². The zero-order valence-corrected chi connectivity index (χ0v) is 8.00. The first-order valence-corrected chi connectivity index (χ1v) is 5.88. The van der Waals surface area contributed by atoms with Crippen LogP contribution in [0.15, 0.2) is 0 Å². The second-order valence-corrected chi connectivity index (χ2v) is 5.80. The molecule has 1 heterocycles. The van der Waals surface area contributed by atoms with Gasteiger partial charge in [-0.05, 0) is 11.6 Å². The highest BCUT2D eigenvalue weighted by Gasteiger charge is 2.08. The molecule has 0 N–H and O–H groups in total. The van der Waals surface area contributed by atoms with Crippen molar-refractivity contribution in [3.05, 3.63) is 9.47 Å². The second-order valence-electron chi connectivity index (χ2n) is 2.02. The molecule has 0 aliphatic carbocycles. The van der Waals surface area contributed by atoms with Gasteiger partial charge in [0.15, 0.2) is 9.84 Å². The van der Waals surface area contributed by atoms with E-state index in [1.165, 1.54) is 0 Å². The molecule has 62 valence electrons. The molecule has 0 aliphatic rings. The highest BCUT2D eigenvalue weighted by Crippen LogP contribution is 2.16. The van der Waals surface area contributed by atoms with E-state index < -0.39 is 9.84 Å². The van der Waals surface area contributed by atoms with Gasteiger partial charge in [-0.25, -0.2) is 8.42 Å². The number of hydrogen-bond donors (Lipinski definition) is 0. The van der Waals surface area contributed by atoms with E-state index in [4.69, 9.17) is 11.6 Å². The van der Waals surface area contributed by atoms with Crippen LogP contribution in [0, 0.1) is 0 Å². The Kier molecular flexibility index (Phi) is 2.46. The SMILES string of the molecule is CS(=O)(=O)Cc1nnc(Cl)s1. The third-order valence-corrected chi connectivity index (χ3v) is 2.83. The van der Waals surface area contributed by atoms with E-state index in [9.17, 15) is 8.42 Å². The van der Waals surface area contributed by atoms with Gasteiger partial charge in [0.2, 0.25) is 4.47 Å². The van der Waals surface area contributed by atoms with E-state index in [1.54, 1.807) is 0 Å². The Balaban J connectivity index is 2.81. The average Bonchev–Trinajstić information content (AvgIpc) is 2.10. The average molecular weight is 213 g/mol. The monoisotopic (exact) mass is 212 g/mol. The van der Waals surface area contributed by atoms with Crippen molar-refractivity contribution in [3.8, 4) is 0 Å². The summed E-state index contributed by atoms with van der Waals surface area (Å²) in [5.74, 6) is -0.0859. The predicted molar refractivity (Wildman–Crippen MR) is 43.5 cm³/mol. The van der Waals surface area contributed by atoms with E-state index in [1.807, 2.05) is 0 Å². The Hall–Kier alpha value is -0.200. The summed E-state index contributed by atoms with van der Waals surface area (Å²) < 4.78 is 21.7. The third-order valence-electron chi connectivity index (χ3n) is 0.828. The van der Waals surface area contributed by atoms with Crippen LogP contribution in [0.25, 0.3) is 0 Å². The smallest absolute Gasteiger partial charge is 0.207 e. The van der Waals surface area contributed by atoms with Gasteiger partial charge < -0.3 is 0 Å². The lowest BCUT2D eigenvalue weighted by atomic mass is 10.9. The first-order chi connectivity index (χ1) is 4.97. The summed E-state index contributed by atoms with van der Waals surface area (Å²) in [4.78, 5) is 0. The van der Waals surface area contributed by atoms with Gasteiger partial charge in [-0.2, -0.15) is 0 Å². The Morgan fingerprint density at radius 2 is 2.18 bits per heavy atom. The molecule has 0 spiro atoms. The summed E-state index contributed by atoms with van der Waals surface area (Å²) in [5, 5.41) is 7.46. The van der Waals surface area contributed by atoms with Gasteiger partial charge >= 0.3 is 0 Å². The standard InChI is InChI=1S/C4H5ClN2O2S2/c1-11(8,9)2-3-6-7-4(5)10-3/h2H2,1H3. The lowest BCUT2D eigenvalue weighted by Crippen LogP contribution is -1.99. The number of aromatic nitrogens is 2. The van der Waals surface area contributed by atoms with Gasteiger partial charge in [0.1, 0.15) is 10.8 Å². The van der Waals surface area contributed by atoms with Crippen LogP contribution in [-0.2, 0) is 15.6 Å². The van der Waals surface area contributed by atoms with E-state index in [-0.39, 0.29) is 10.2 Å². The Labute approximate surface area is 73.1 Å². The number of hydrogen-bond acceptors (Lipinski definition) is 5. The zero-order valence-electron chi connectivity index (χ0n) is 5.61. The molecule has 0 radical (unpaired) electrons. The van der Waals surface area contributed by atoms with Crippen molar-refractivity contribution in [2.75, 3.05) is 6.26 Å². The summed E-state index contributed by atoms with van der Waals surface area (Å²) in [7, 11) is -3.01. The van der Waals surface area contributed by atoms with Crippen LogP contribution in [0.3, 0.4) is 0 Å². The molecule has 0 amide bonds. The molecule has 0 atom stereocenters. The molecule has 0 aromatic carbocycles. The van der Waals surface area contributed by atoms with Crippen LogP contribution in [0.5, 0.6) is 0 Å². The van der Waals surface area contributed by atoms with Crippen molar-refractivity contribution in [1.29, 1.82) is 0 Å². The van der Waals surface area contributed by atoms with Gasteiger partial charge in [-0.15, -0.1) is 10.2 Å². The fraction of sp³-hybridized carbons (Fsp3) is 0.500. The molecule has 4 nitrogen and oxygen atoms in total. The van der Waals surface area contributed by atoms with Crippen LogP contribution in [0.4, 0.5) is 0 Å². The Bertz CT molecular complexity index is 345. The Morgan fingerprint density at radius 3 is 2.55 bits per heavy atom. The molecule has 0 saturated carbocycles. The Morgan fingerprint density at radius 1 is 1.55 bits per heavy atom. The zero-order chi connectivity index (χ0) is 8.48. The number of sulfone groups is 1. The van der Waals surface area contributed by atoms with E-state index >= 15 is 0 Å². The number of nitrogens with zero attached hydrogens (tertiary/aromatic N) is 2. The molecule has 0 fully saturated rings. The van der Waals surface area contributed by atoms with Crippen LogP contribution >= 0.6 is 22.9 Å². The maximum atomic E-state index is 10.7. The van der Waals surface area contributed by atoms with E-state index in [0.29, 0.717) is 5.01 Å². The topological polar surface area (TPSA) is 59.9 Å². The summed E-state index contributed by atoms with van der Waals surface area (Å²) in [5.41, 5.74) is 0. The summed E-state index contributed by atoms with van der Waals surface area (Å²) in [6.07, 6.45) is 1.14. The van der Waals surface area contributed by atoms with Crippen molar-refractivity contribution in [2.24, 2.45) is 0 Å². The number of halogens is 1. The molecule has 0 saturated heterocycles. The summed E-state index contributed by atoms with van der Waals surface area (Å²) in [6.45, 7) is 0. The maximum absolute atomic E-state index is 10.7. The molecule has 0 unspecified atom stereocenters. The summed E-state index contributed by atoms with van der Waals surface area (Å²) >= 11 is 6.52. The van der Waals surface area contributed by atoms with Gasteiger partial charge in [0.25, 0.3) is 0 Å². The molecule has 0 aliphatic heterocycles. The van der Waals surface area contributed by atoms with Crippen LogP contribution in [0.1, 0.15) is 5.01 Å². The van der Waals surface area contributed by atoms with Crippen LogP contribution < -0.4 is 0 Å². The third kappa shape index (κ3) is 3.13. The predicted octanol–water partition coefficient (Wildman–Crippen LogP) is 0.736. The quantitative estimate of drug-likeness (QED) is 0.726. The minimum Gasteiger partial charge on any atom is -0.229 e. The molecule has 1 aromatic heterocycles. The van der Waals surface area contributed by atoms with Crippen LogP contribution in [0.2, 0.25) is 4.47 Å². The molecule has 11 heavy (non-hydrogen) atoms. The number of rotatable bonds is 2. The first-order valence-electron chi connectivity index (χ1n) is 2.63. The molecule has 7 heteroatoms. The first kappa shape index (κ1) is 8.89. The normalized spacial score (nSPS) is 11.8. The maximum Gasteiger partial charge on any atom is 0.207 e. The lowest BCUT2D eigenvalue weighted by Gasteiger charge is -1.88. The molecule has 1 aromatic rings. The van der Waals surface area contributed by atoms with Crippen molar-refractivity contribution < 1.29 is 8.42 Å². The van der Waals surface area contributed by atoms with Crippen molar-refractivity contribution in [1.82, 2.24) is 10.2 Å². The van der Waals surface area contributed by atoms with Gasteiger partial charge in [0.05, 0.1) is 0 Å². The van der Waals surface area contributed by atoms with Crippen molar-refractivity contribution >= 4 is 32.8 Å². The van der Waals surface area contributed by atoms with Crippen molar-refractivity contribution in [2.45, 2.75) is 5.75 Å². The fourth-order valence-corrected chi connectivity index (χ4v) is 2.56. The lowest BCUT2D eigenvalue weighted by molar-refractivity contribution is 0.600. The molecule has 0 bridgehead atoms. The molecular weight excluding hydrogens is 208 g/mol. The van der Waals surface area contributed by atoms with Gasteiger partial charge in [0, 0.05) is 6.26 Å². The summed E-state index contributed by atoms with van der Waals surface area (Å²) in [6, 6.07) is 0. The van der Waals surface area contributed by atoms with Gasteiger partial charge in [-0.3, -0.25) is 0 Å². The highest BCUT2D eigenvalue weighted by molar-refractivity contribution is 7.90. The van der Waals surface area contributed by atoms with E-state index in [0.717, 1.165) is 17.6 Å². The highest BCUT2D eigenvalue weighted by atomic mass is 35.5. The minimum absolute atomic E-state index is 0.0859. The largest absolute Gasteiger partial charge is 0.229 e. The fourth-order valence-electron chi connectivity index (χ4n) is 0.516. The van der Waals surface area contributed by atoms with Gasteiger partial charge in [-0.1, -0.05) is 11.3 Å². The minimum atomic E-state index is -3.01. The molecule has 1 rings (SSSR count). The second kappa shape index (κ2) is 3.04. The van der Waals surface area contributed by atoms with Crippen molar-refractivity contribution in [3.63, 3.8) is 0 Å².